The summed E-state index contributed by atoms with van der Waals surface area (Å²) >= 11 is 0. The molecule has 0 saturated heterocycles. The van der Waals surface area contributed by atoms with Crippen molar-refractivity contribution in [1.29, 1.82) is 0 Å². The summed E-state index contributed by atoms with van der Waals surface area (Å²) in [4.78, 5) is 10.4. The fourth-order valence-electron chi connectivity index (χ4n) is 0.955. The summed E-state index contributed by atoms with van der Waals surface area (Å²) in [6, 6.07) is 8.54. The first-order chi connectivity index (χ1) is 5.70. The Morgan fingerprint density at radius 2 is 1.92 bits per heavy atom. The standard InChI is InChI=1S/C9H11NO2.Ce/c10-8(9(11)12)6-7-4-2-1-3-5-7;/h1-5,8H,6,10H2,(H,11,12);/t8-;/m0./s1. The summed E-state index contributed by atoms with van der Waals surface area (Å²) in [5.41, 5.74) is 6.30. The molecule has 68 valence electrons. The van der Waals surface area contributed by atoms with Gasteiger partial charge in [-0.2, -0.15) is 0 Å². The van der Waals surface area contributed by atoms with E-state index >= 15 is 0 Å². The molecule has 0 aliphatic carbocycles. The number of nitrogens with two attached hydrogens (primary N) is 1. The molecule has 0 aliphatic heterocycles. The van der Waals surface area contributed by atoms with Crippen LogP contribution in [0.25, 0.3) is 0 Å². The summed E-state index contributed by atoms with van der Waals surface area (Å²) in [5, 5.41) is 8.52. The molecule has 0 heterocycles. The number of carbonyl (C=O) groups is 1. The van der Waals surface area contributed by atoms with Gasteiger partial charge in [0.15, 0.2) is 0 Å². The van der Waals surface area contributed by atoms with Crippen LogP contribution in [0.2, 0.25) is 0 Å². The average molecular weight is 305 g/mol. The number of rotatable bonds is 3. The molecule has 0 bridgehead atoms. The number of carboxylic acids is 1. The van der Waals surface area contributed by atoms with Crippen molar-refractivity contribution in [3.63, 3.8) is 0 Å². The van der Waals surface area contributed by atoms with Gasteiger partial charge in [0.2, 0.25) is 0 Å². The number of benzene rings is 1. The smallest absolute Gasteiger partial charge is 0.320 e. The molecular weight excluding hydrogens is 294 g/mol. The predicted octanol–water partition coefficient (Wildman–Crippen LogP) is 0.641. The van der Waals surface area contributed by atoms with E-state index in [4.69, 9.17) is 10.8 Å². The van der Waals surface area contributed by atoms with Gasteiger partial charge in [-0.05, 0) is 12.0 Å². The maximum Gasteiger partial charge on any atom is 0.320 e. The van der Waals surface area contributed by atoms with Crippen molar-refractivity contribution in [2.24, 2.45) is 5.73 Å². The zero-order chi connectivity index (χ0) is 8.97. The molecule has 4 heteroatoms. The van der Waals surface area contributed by atoms with Crippen LogP contribution in [0.4, 0.5) is 0 Å². The molecule has 1 atom stereocenters. The van der Waals surface area contributed by atoms with Gasteiger partial charge >= 0.3 is 5.97 Å². The van der Waals surface area contributed by atoms with Crippen LogP contribution in [0.5, 0.6) is 0 Å². The number of aliphatic carboxylic acids is 1. The maximum absolute atomic E-state index is 10.4. The monoisotopic (exact) mass is 305 g/mol. The van der Waals surface area contributed by atoms with E-state index in [2.05, 4.69) is 0 Å². The van der Waals surface area contributed by atoms with Crippen molar-refractivity contribution in [3.05, 3.63) is 35.9 Å². The molecule has 0 aromatic heterocycles. The van der Waals surface area contributed by atoms with Crippen molar-refractivity contribution >= 4 is 5.97 Å². The van der Waals surface area contributed by atoms with E-state index in [0.29, 0.717) is 6.42 Å². The largest absolute Gasteiger partial charge is 0.480 e. The first kappa shape index (κ1) is 13.0. The van der Waals surface area contributed by atoms with E-state index < -0.39 is 12.0 Å². The van der Waals surface area contributed by atoms with Crippen LogP contribution in [0.1, 0.15) is 5.56 Å². The van der Waals surface area contributed by atoms with E-state index in [1.165, 1.54) is 0 Å². The second-order valence-electron chi connectivity index (χ2n) is 2.63. The molecule has 0 spiro atoms. The zero-order valence-electron chi connectivity index (χ0n) is 7.10. The van der Waals surface area contributed by atoms with E-state index in [-0.39, 0.29) is 41.7 Å². The van der Waals surface area contributed by atoms with Crippen LogP contribution in [-0.4, -0.2) is 17.1 Å². The summed E-state index contributed by atoms with van der Waals surface area (Å²) in [6.45, 7) is 0. The van der Waals surface area contributed by atoms with Crippen LogP contribution in [-0.2, 0) is 11.2 Å². The summed E-state index contributed by atoms with van der Waals surface area (Å²) in [7, 11) is 0. The molecule has 13 heavy (non-hydrogen) atoms. The third kappa shape index (κ3) is 4.71. The van der Waals surface area contributed by atoms with Gasteiger partial charge in [-0.15, -0.1) is 0 Å². The van der Waals surface area contributed by atoms with Gasteiger partial charge in [0.05, 0.1) is 0 Å². The molecule has 0 radical (unpaired) electrons. The summed E-state index contributed by atoms with van der Waals surface area (Å²) < 4.78 is 0. The number of carboxylic acid groups (broad SMARTS) is 1. The Kier molecular flexibility index (Phi) is 6.49. The van der Waals surface area contributed by atoms with Crippen LogP contribution in [0, 0.1) is 41.7 Å². The molecule has 1 aromatic rings. The molecule has 0 fully saturated rings. The van der Waals surface area contributed by atoms with Crippen molar-refractivity contribution in [3.8, 4) is 0 Å². The van der Waals surface area contributed by atoms with Crippen LogP contribution in [0.15, 0.2) is 30.3 Å². The van der Waals surface area contributed by atoms with Crippen LogP contribution in [0.3, 0.4) is 0 Å². The van der Waals surface area contributed by atoms with Gasteiger partial charge in [-0.3, -0.25) is 4.79 Å². The van der Waals surface area contributed by atoms with Crippen molar-refractivity contribution in [2.75, 3.05) is 0 Å². The van der Waals surface area contributed by atoms with Gasteiger partial charge in [0.1, 0.15) is 6.04 Å². The third-order valence-corrected chi connectivity index (χ3v) is 1.62. The Balaban J connectivity index is 0.00000144. The molecular formula is C9H11CeNO2. The second-order valence-corrected chi connectivity index (χ2v) is 2.63. The number of hydrogen-bond acceptors (Lipinski definition) is 2. The average Bonchev–Trinajstić information content (AvgIpc) is 2.06. The van der Waals surface area contributed by atoms with Crippen molar-refractivity contribution < 1.29 is 51.6 Å². The maximum atomic E-state index is 10.4. The van der Waals surface area contributed by atoms with Crippen LogP contribution >= 0.6 is 0 Å². The van der Waals surface area contributed by atoms with Crippen LogP contribution < -0.4 is 5.73 Å². The summed E-state index contributed by atoms with van der Waals surface area (Å²) in [6.07, 6.45) is 0.385. The molecule has 3 N–H and O–H groups in total. The zero-order valence-corrected chi connectivity index (χ0v) is 10.2. The molecule has 1 aromatic carbocycles. The SMILES string of the molecule is N[C@@H](Cc1ccccc1)C(=O)O.[Ce]. The minimum atomic E-state index is -0.959. The van der Waals surface area contributed by atoms with Gasteiger partial charge in [-0.1, -0.05) is 30.3 Å². The van der Waals surface area contributed by atoms with Gasteiger partial charge < -0.3 is 10.8 Å². The minimum absolute atomic E-state index is 0. The minimum Gasteiger partial charge on any atom is -0.480 e. The third-order valence-electron chi connectivity index (χ3n) is 1.62. The topological polar surface area (TPSA) is 63.3 Å². The second kappa shape index (κ2) is 6.48. The van der Waals surface area contributed by atoms with Gasteiger partial charge in [0, 0.05) is 41.7 Å². The van der Waals surface area contributed by atoms with E-state index in [0.717, 1.165) is 5.56 Å². The Bertz CT molecular complexity index is 264. The molecule has 0 aliphatic rings. The Labute approximate surface area is 111 Å². The quantitative estimate of drug-likeness (QED) is 0.861. The van der Waals surface area contributed by atoms with Crippen molar-refractivity contribution in [2.45, 2.75) is 12.5 Å². The Morgan fingerprint density at radius 3 is 2.38 bits per heavy atom. The first-order valence-corrected chi connectivity index (χ1v) is 3.72. The Hall–Kier alpha value is 0.0266. The van der Waals surface area contributed by atoms with Gasteiger partial charge in [0.25, 0.3) is 0 Å². The summed E-state index contributed by atoms with van der Waals surface area (Å²) in [5.74, 6) is -0.959. The fourth-order valence-corrected chi connectivity index (χ4v) is 0.955. The molecule has 0 amide bonds. The van der Waals surface area contributed by atoms with E-state index in [1.54, 1.807) is 0 Å². The van der Waals surface area contributed by atoms with Crippen molar-refractivity contribution in [1.82, 2.24) is 0 Å². The predicted molar refractivity (Wildman–Crippen MR) is 45.8 cm³/mol. The normalized spacial score (nSPS) is 11.5. The first-order valence-electron chi connectivity index (χ1n) is 3.72. The fraction of sp³-hybridized carbons (Fsp3) is 0.222. The molecule has 0 unspecified atom stereocenters. The van der Waals surface area contributed by atoms with E-state index in [9.17, 15) is 4.79 Å². The Morgan fingerprint density at radius 1 is 1.38 bits per heavy atom. The molecule has 3 nitrogen and oxygen atoms in total. The van der Waals surface area contributed by atoms with E-state index in [1.807, 2.05) is 30.3 Å². The van der Waals surface area contributed by atoms with Gasteiger partial charge in [-0.25, -0.2) is 0 Å². The molecule has 0 saturated carbocycles. The number of hydrogen-bond donors (Lipinski definition) is 2. The molecule has 1 rings (SSSR count).